The lowest BCUT2D eigenvalue weighted by Gasteiger charge is -2.13. The predicted octanol–water partition coefficient (Wildman–Crippen LogP) is 2.93. The van der Waals surface area contributed by atoms with Gasteiger partial charge in [0.15, 0.2) is 0 Å². The Labute approximate surface area is 133 Å². The highest BCUT2D eigenvalue weighted by Crippen LogP contribution is 2.28. The molecule has 0 aliphatic carbocycles. The molecule has 1 atom stereocenters. The number of nitrogens with one attached hydrogen (secondary N) is 1. The zero-order valence-electron chi connectivity index (χ0n) is 12.8. The third-order valence-corrected chi connectivity index (χ3v) is 3.51. The zero-order chi connectivity index (χ0) is 16.4. The first-order valence-corrected chi connectivity index (χ1v) is 7.15. The number of amides is 3. The van der Waals surface area contributed by atoms with E-state index in [4.69, 9.17) is 9.47 Å². The topological polar surface area (TPSA) is 67.9 Å². The number of benzene rings is 2. The fourth-order valence-corrected chi connectivity index (χ4v) is 2.31. The van der Waals surface area contributed by atoms with Crippen LogP contribution < -0.4 is 19.7 Å². The molecule has 1 heterocycles. The van der Waals surface area contributed by atoms with E-state index in [2.05, 4.69) is 5.32 Å². The van der Waals surface area contributed by atoms with Crippen LogP contribution >= 0.6 is 0 Å². The lowest BCUT2D eigenvalue weighted by molar-refractivity contribution is -0.117. The molecule has 3 amide bonds. The van der Waals surface area contributed by atoms with Crippen molar-refractivity contribution in [3.63, 3.8) is 0 Å². The standard InChI is InChI=1S/C17H16N2O4/c1-11-16(20)19(17(21)18-11)12-6-8-13(9-7-12)23-15-5-3-4-14(10-15)22-2/h3-11H,1-2H3,(H,18,21)/t11-/m1/s1. The van der Waals surface area contributed by atoms with E-state index in [1.165, 1.54) is 0 Å². The van der Waals surface area contributed by atoms with Crippen LogP contribution in [0.2, 0.25) is 0 Å². The smallest absolute Gasteiger partial charge is 0.329 e. The fourth-order valence-electron chi connectivity index (χ4n) is 2.31. The van der Waals surface area contributed by atoms with Gasteiger partial charge in [0, 0.05) is 6.07 Å². The molecule has 0 bridgehead atoms. The molecule has 0 saturated carbocycles. The van der Waals surface area contributed by atoms with Crippen molar-refractivity contribution >= 4 is 17.6 Å². The summed E-state index contributed by atoms with van der Waals surface area (Å²) in [6, 6.07) is 13.1. The number of anilines is 1. The van der Waals surface area contributed by atoms with E-state index in [9.17, 15) is 9.59 Å². The van der Waals surface area contributed by atoms with E-state index >= 15 is 0 Å². The zero-order valence-corrected chi connectivity index (χ0v) is 12.8. The van der Waals surface area contributed by atoms with Crippen molar-refractivity contribution in [2.24, 2.45) is 0 Å². The van der Waals surface area contributed by atoms with Gasteiger partial charge in [0.2, 0.25) is 0 Å². The molecule has 6 heteroatoms. The van der Waals surface area contributed by atoms with Crippen LogP contribution in [0.4, 0.5) is 10.5 Å². The van der Waals surface area contributed by atoms with E-state index in [-0.39, 0.29) is 5.91 Å². The lowest BCUT2D eigenvalue weighted by atomic mass is 10.2. The maximum Gasteiger partial charge on any atom is 0.329 e. The van der Waals surface area contributed by atoms with Gasteiger partial charge in [-0.3, -0.25) is 4.79 Å². The molecule has 118 valence electrons. The average Bonchev–Trinajstić information content (AvgIpc) is 2.81. The van der Waals surface area contributed by atoms with Gasteiger partial charge < -0.3 is 14.8 Å². The van der Waals surface area contributed by atoms with Gasteiger partial charge in [-0.1, -0.05) is 6.07 Å². The Morgan fingerprint density at radius 1 is 1.00 bits per heavy atom. The second kappa shape index (κ2) is 6.00. The Bertz CT molecular complexity index is 743. The third kappa shape index (κ3) is 2.96. The van der Waals surface area contributed by atoms with Gasteiger partial charge in [0.25, 0.3) is 5.91 Å². The quantitative estimate of drug-likeness (QED) is 0.881. The van der Waals surface area contributed by atoms with Crippen molar-refractivity contribution in [1.82, 2.24) is 5.32 Å². The van der Waals surface area contributed by atoms with E-state index in [1.54, 1.807) is 44.4 Å². The fraction of sp³-hybridized carbons (Fsp3) is 0.176. The molecule has 0 aromatic heterocycles. The van der Waals surface area contributed by atoms with Gasteiger partial charge >= 0.3 is 6.03 Å². The maximum atomic E-state index is 12.0. The lowest BCUT2D eigenvalue weighted by Crippen LogP contribution is -2.30. The number of rotatable bonds is 4. The number of hydrogen-bond acceptors (Lipinski definition) is 4. The molecule has 3 rings (SSSR count). The molecule has 1 aliphatic heterocycles. The first kappa shape index (κ1) is 14.9. The summed E-state index contributed by atoms with van der Waals surface area (Å²) in [5.41, 5.74) is 0.509. The number of ether oxygens (including phenoxy) is 2. The highest BCUT2D eigenvalue weighted by molar-refractivity contribution is 6.21. The summed E-state index contributed by atoms with van der Waals surface area (Å²) in [7, 11) is 1.59. The molecular weight excluding hydrogens is 296 g/mol. The van der Waals surface area contributed by atoms with Crippen LogP contribution in [0, 0.1) is 0 Å². The summed E-state index contributed by atoms with van der Waals surface area (Å²) >= 11 is 0. The summed E-state index contributed by atoms with van der Waals surface area (Å²) in [5, 5.41) is 2.57. The number of imide groups is 1. The average molecular weight is 312 g/mol. The molecular formula is C17H16N2O4. The van der Waals surface area contributed by atoms with Gasteiger partial charge in [-0.05, 0) is 43.3 Å². The summed E-state index contributed by atoms with van der Waals surface area (Å²) < 4.78 is 10.9. The maximum absolute atomic E-state index is 12.0. The van der Waals surface area contributed by atoms with Crippen molar-refractivity contribution in [3.8, 4) is 17.2 Å². The molecule has 6 nitrogen and oxygen atoms in total. The SMILES string of the molecule is COc1cccc(Oc2ccc(N3C(=O)N[C@H](C)C3=O)cc2)c1. The first-order chi connectivity index (χ1) is 11.1. The molecule has 1 aliphatic rings. The molecule has 0 unspecified atom stereocenters. The number of hydrogen-bond donors (Lipinski definition) is 1. The molecule has 1 fully saturated rings. The number of carbonyl (C=O) groups excluding carboxylic acids is 2. The predicted molar refractivity (Wildman–Crippen MR) is 85.0 cm³/mol. The number of methoxy groups -OCH3 is 1. The van der Waals surface area contributed by atoms with Crippen molar-refractivity contribution in [2.45, 2.75) is 13.0 Å². The van der Waals surface area contributed by atoms with Crippen LogP contribution in [-0.4, -0.2) is 25.1 Å². The Hall–Kier alpha value is -3.02. The molecule has 2 aromatic rings. The minimum absolute atomic E-state index is 0.267. The van der Waals surface area contributed by atoms with Gasteiger partial charge in [0.1, 0.15) is 23.3 Å². The van der Waals surface area contributed by atoms with Crippen molar-refractivity contribution in [3.05, 3.63) is 48.5 Å². The Balaban J connectivity index is 1.77. The summed E-state index contributed by atoms with van der Waals surface area (Å²) in [5.74, 6) is 1.67. The van der Waals surface area contributed by atoms with Gasteiger partial charge in [-0.25, -0.2) is 9.69 Å². The number of urea groups is 1. The summed E-state index contributed by atoms with van der Waals surface area (Å²) in [6.07, 6.45) is 0. The van der Waals surface area contributed by atoms with Crippen LogP contribution in [0.3, 0.4) is 0 Å². The van der Waals surface area contributed by atoms with E-state index in [0.29, 0.717) is 22.9 Å². The molecule has 2 aromatic carbocycles. The van der Waals surface area contributed by atoms with Crippen LogP contribution in [0.25, 0.3) is 0 Å². The highest BCUT2D eigenvalue weighted by atomic mass is 16.5. The first-order valence-electron chi connectivity index (χ1n) is 7.15. The van der Waals surface area contributed by atoms with Gasteiger partial charge in [0.05, 0.1) is 12.8 Å². The van der Waals surface area contributed by atoms with Gasteiger partial charge in [-0.15, -0.1) is 0 Å². The van der Waals surface area contributed by atoms with Crippen LogP contribution in [-0.2, 0) is 4.79 Å². The second-order valence-electron chi connectivity index (χ2n) is 5.12. The van der Waals surface area contributed by atoms with Crippen LogP contribution in [0.15, 0.2) is 48.5 Å². The Morgan fingerprint density at radius 2 is 1.70 bits per heavy atom. The highest BCUT2D eigenvalue weighted by Gasteiger charge is 2.36. The summed E-state index contributed by atoms with van der Waals surface area (Å²) in [6.45, 7) is 1.65. The normalized spacial score (nSPS) is 17.1. The van der Waals surface area contributed by atoms with Crippen LogP contribution in [0.1, 0.15) is 6.92 Å². The number of nitrogens with zero attached hydrogens (tertiary/aromatic N) is 1. The molecule has 0 spiro atoms. The number of carbonyl (C=O) groups is 2. The Kier molecular flexibility index (Phi) is 3.89. The van der Waals surface area contributed by atoms with E-state index < -0.39 is 12.1 Å². The van der Waals surface area contributed by atoms with Crippen LogP contribution in [0.5, 0.6) is 17.2 Å². The Morgan fingerprint density at radius 3 is 2.30 bits per heavy atom. The molecule has 0 radical (unpaired) electrons. The minimum Gasteiger partial charge on any atom is -0.497 e. The van der Waals surface area contributed by atoms with Crippen molar-refractivity contribution in [2.75, 3.05) is 12.0 Å². The van der Waals surface area contributed by atoms with Crippen molar-refractivity contribution in [1.29, 1.82) is 0 Å². The largest absolute Gasteiger partial charge is 0.497 e. The van der Waals surface area contributed by atoms with E-state index in [1.807, 2.05) is 18.2 Å². The molecule has 1 saturated heterocycles. The monoisotopic (exact) mass is 312 g/mol. The van der Waals surface area contributed by atoms with Crippen molar-refractivity contribution < 1.29 is 19.1 Å². The third-order valence-electron chi connectivity index (χ3n) is 3.51. The summed E-state index contributed by atoms with van der Waals surface area (Å²) in [4.78, 5) is 24.9. The van der Waals surface area contributed by atoms with Gasteiger partial charge in [-0.2, -0.15) is 0 Å². The second-order valence-corrected chi connectivity index (χ2v) is 5.12. The molecule has 1 N–H and O–H groups in total. The minimum atomic E-state index is -0.504. The van der Waals surface area contributed by atoms with E-state index in [0.717, 1.165) is 4.90 Å². The molecule has 23 heavy (non-hydrogen) atoms.